The molecule has 0 saturated carbocycles. The van der Waals surface area contributed by atoms with Crippen molar-refractivity contribution in [3.05, 3.63) is 150 Å². The molecule has 47 heavy (non-hydrogen) atoms. The van der Waals surface area contributed by atoms with Crippen LogP contribution >= 0.6 is 23.5 Å². The Labute approximate surface area is 281 Å². The number of hydrogen-bond acceptors (Lipinski definition) is 5. The molecule has 0 saturated heterocycles. The summed E-state index contributed by atoms with van der Waals surface area (Å²) in [5.41, 5.74) is 2.62. The van der Waals surface area contributed by atoms with E-state index in [9.17, 15) is 18.8 Å². The highest BCUT2D eigenvalue weighted by Crippen LogP contribution is 2.48. The van der Waals surface area contributed by atoms with Crippen LogP contribution in [-0.2, 0) is 9.59 Å². The van der Waals surface area contributed by atoms with Crippen LogP contribution in [0.3, 0.4) is 0 Å². The number of anilines is 3. The van der Waals surface area contributed by atoms with Crippen LogP contribution < -0.4 is 15.5 Å². The van der Waals surface area contributed by atoms with Gasteiger partial charge in [-0.05, 0) is 79.2 Å². The number of benzene rings is 5. The second-order valence-corrected chi connectivity index (χ2v) is 13.0. The van der Waals surface area contributed by atoms with Gasteiger partial charge in [-0.3, -0.25) is 19.3 Å². The highest BCUT2D eigenvalue weighted by molar-refractivity contribution is 8.00. The van der Waals surface area contributed by atoms with Crippen LogP contribution in [0.2, 0.25) is 0 Å². The number of nitrogens with one attached hydrogen (secondary N) is 2. The van der Waals surface area contributed by atoms with Crippen molar-refractivity contribution in [2.75, 3.05) is 10.2 Å². The number of hydrogen-bond donors (Lipinski definition) is 2. The molecule has 0 fully saturated rings. The van der Waals surface area contributed by atoms with E-state index in [4.69, 9.17) is 0 Å². The Morgan fingerprint density at radius 1 is 0.787 bits per heavy atom. The van der Waals surface area contributed by atoms with Gasteiger partial charge in [0, 0.05) is 31.5 Å². The summed E-state index contributed by atoms with van der Waals surface area (Å²) in [6.07, 6.45) is 1.92. The summed E-state index contributed by atoms with van der Waals surface area (Å²) < 4.78 is 14.5. The lowest BCUT2D eigenvalue weighted by Gasteiger charge is -2.33. The lowest BCUT2D eigenvalue weighted by molar-refractivity contribution is -0.117. The monoisotopic (exact) mass is 659 g/mol. The van der Waals surface area contributed by atoms with E-state index in [0.29, 0.717) is 17.7 Å². The SMILES string of the molecule is CCC(Sc1ccc(NC(=O)/C(=C/c2ccccc2F)NC(=O)c2ccccc2)cc1)C(=O)N1c2ccccc2Sc2ccccc21. The normalized spacial score (nSPS) is 12.8. The number of nitrogens with zero attached hydrogens (tertiary/aromatic N) is 1. The Kier molecular flexibility index (Phi) is 9.85. The van der Waals surface area contributed by atoms with Crippen molar-refractivity contribution >= 4 is 64.4 Å². The van der Waals surface area contributed by atoms with E-state index in [1.807, 2.05) is 72.5 Å². The quantitative estimate of drug-likeness (QED) is 0.122. The number of thioether (sulfide) groups is 1. The summed E-state index contributed by atoms with van der Waals surface area (Å²) in [4.78, 5) is 45.1. The van der Waals surface area contributed by atoms with E-state index in [2.05, 4.69) is 10.6 Å². The summed E-state index contributed by atoms with van der Waals surface area (Å²) in [5.74, 6) is -1.64. The Morgan fingerprint density at radius 3 is 2.02 bits per heavy atom. The zero-order valence-electron chi connectivity index (χ0n) is 25.4. The standard InChI is InChI=1S/C38H30FN3O3S2/c1-2-33(38(45)42-31-16-8-10-18-34(31)47-35-19-11-9-17-32(35)42)46-28-22-20-27(21-23-28)40-37(44)30(24-26-14-6-7-15-29(26)39)41-36(43)25-12-4-3-5-13-25/h3-24,33H,2H2,1H3,(H,40,44)(H,41,43)/b30-24-. The summed E-state index contributed by atoms with van der Waals surface area (Å²) in [6.45, 7) is 1.99. The first-order valence-corrected chi connectivity index (χ1v) is 16.7. The Hall–Kier alpha value is -5.12. The van der Waals surface area contributed by atoms with E-state index in [0.717, 1.165) is 26.1 Å². The van der Waals surface area contributed by atoms with Crippen molar-refractivity contribution in [2.45, 2.75) is 33.3 Å². The molecule has 0 bridgehead atoms. The van der Waals surface area contributed by atoms with Crippen LogP contribution in [0.5, 0.6) is 0 Å². The molecule has 1 aliphatic heterocycles. The van der Waals surface area contributed by atoms with Gasteiger partial charge in [0.2, 0.25) is 5.91 Å². The molecule has 1 heterocycles. The molecule has 0 aliphatic carbocycles. The Morgan fingerprint density at radius 2 is 1.38 bits per heavy atom. The molecule has 3 amide bonds. The van der Waals surface area contributed by atoms with E-state index in [-0.39, 0.29) is 22.4 Å². The summed E-state index contributed by atoms with van der Waals surface area (Å²) in [6, 6.07) is 37.5. The second kappa shape index (κ2) is 14.5. The fourth-order valence-corrected chi connectivity index (χ4v) is 7.12. The van der Waals surface area contributed by atoms with Gasteiger partial charge in [-0.15, -0.1) is 11.8 Å². The average molecular weight is 660 g/mol. The predicted molar refractivity (Wildman–Crippen MR) is 187 cm³/mol. The fraction of sp³-hybridized carbons (Fsp3) is 0.0789. The lowest BCUT2D eigenvalue weighted by Crippen LogP contribution is -2.35. The van der Waals surface area contributed by atoms with Gasteiger partial charge in [-0.1, -0.05) is 79.3 Å². The van der Waals surface area contributed by atoms with Crippen LogP contribution in [-0.4, -0.2) is 23.0 Å². The summed E-state index contributed by atoms with van der Waals surface area (Å²) in [7, 11) is 0. The van der Waals surface area contributed by atoms with Crippen molar-refractivity contribution in [3.8, 4) is 0 Å². The van der Waals surface area contributed by atoms with Crippen LogP contribution in [0.25, 0.3) is 6.08 Å². The highest BCUT2D eigenvalue weighted by atomic mass is 32.2. The maximum atomic E-state index is 14.5. The third-order valence-electron chi connectivity index (χ3n) is 7.42. The number of fused-ring (bicyclic) bond motifs is 2. The van der Waals surface area contributed by atoms with Gasteiger partial charge in [0.05, 0.1) is 16.6 Å². The number of amides is 3. The molecule has 1 unspecified atom stereocenters. The van der Waals surface area contributed by atoms with Crippen molar-refractivity contribution in [1.29, 1.82) is 0 Å². The molecule has 9 heteroatoms. The second-order valence-electron chi connectivity index (χ2n) is 10.6. The third-order valence-corrected chi connectivity index (χ3v) is 9.92. The van der Waals surface area contributed by atoms with Crippen molar-refractivity contribution in [1.82, 2.24) is 5.32 Å². The summed E-state index contributed by atoms with van der Waals surface area (Å²) in [5, 5.41) is 5.07. The average Bonchev–Trinajstić information content (AvgIpc) is 3.10. The molecule has 234 valence electrons. The first-order chi connectivity index (χ1) is 22.9. The van der Waals surface area contributed by atoms with Gasteiger partial charge in [0.25, 0.3) is 11.8 Å². The largest absolute Gasteiger partial charge is 0.321 e. The minimum Gasteiger partial charge on any atom is -0.321 e. The van der Waals surface area contributed by atoms with Crippen LogP contribution in [0.15, 0.2) is 148 Å². The lowest BCUT2D eigenvalue weighted by atomic mass is 10.1. The van der Waals surface area contributed by atoms with Gasteiger partial charge >= 0.3 is 0 Å². The topological polar surface area (TPSA) is 78.5 Å². The van der Waals surface area contributed by atoms with E-state index < -0.39 is 17.6 Å². The van der Waals surface area contributed by atoms with Crippen LogP contribution in [0, 0.1) is 5.82 Å². The maximum Gasteiger partial charge on any atom is 0.272 e. The van der Waals surface area contributed by atoms with Gasteiger partial charge in [0.15, 0.2) is 0 Å². The first-order valence-electron chi connectivity index (χ1n) is 15.0. The van der Waals surface area contributed by atoms with Crippen LogP contribution in [0.4, 0.5) is 21.5 Å². The van der Waals surface area contributed by atoms with Gasteiger partial charge in [-0.2, -0.15) is 0 Å². The number of para-hydroxylation sites is 2. The maximum absolute atomic E-state index is 14.5. The first kappa shape index (κ1) is 31.8. The molecule has 5 aromatic carbocycles. The molecule has 2 N–H and O–H groups in total. The molecular weight excluding hydrogens is 630 g/mol. The molecule has 5 aromatic rings. The van der Waals surface area contributed by atoms with E-state index >= 15 is 0 Å². The van der Waals surface area contributed by atoms with E-state index in [1.165, 1.54) is 30.0 Å². The molecular formula is C38H30FN3O3S2. The number of rotatable bonds is 9. The molecule has 1 aliphatic rings. The zero-order chi connectivity index (χ0) is 32.8. The van der Waals surface area contributed by atoms with Gasteiger partial charge in [-0.25, -0.2) is 4.39 Å². The highest BCUT2D eigenvalue weighted by Gasteiger charge is 2.32. The predicted octanol–water partition coefficient (Wildman–Crippen LogP) is 8.94. The van der Waals surface area contributed by atoms with Crippen LogP contribution in [0.1, 0.15) is 29.3 Å². The Balaban J connectivity index is 1.19. The van der Waals surface area contributed by atoms with Gasteiger partial charge < -0.3 is 10.6 Å². The Bertz CT molecular complexity index is 1920. The minimum atomic E-state index is -0.611. The molecule has 0 radical (unpaired) electrons. The summed E-state index contributed by atoms with van der Waals surface area (Å²) >= 11 is 3.12. The number of carbonyl (C=O) groups excluding carboxylic acids is 3. The third kappa shape index (κ3) is 7.32. The van der Waals surface area contributed by atoms with Crippen molar-refractivity contribution in [2.24, 2.45) is 0 Å². The zero-order valence-corrected chi connectivity index (χ0v) is 27.0. The number of halogens is 1. The smallest absolute Gasteiger partial charge is 0.272 e. The number of carbonyl (C=O) groups is 3. The van der Waals surface area contributed by atoms with E-state index in [1.54, 1.807) is 66.4 Å². The molecule has 1 atom stereocenters. The molecule has 6 rings (SSSR count). The fourth-order valence-electron chi connectivity index (χ4n) is 5.06. The van der Waals surface area contributed by atoms with Gasteiger partial charge in [0.1, 0.15) is 11.5 Å². The van der Waals surface area contributed by atoms with Crippen molar-refractivity contribution in [3.63, 3.8) is 0 Å². The molecule has 6 nitrogen and oxygen atoms in total. The molecule has 0 aromatic heterocycles. The minimum absolute atomic E-state index is 0.00726. The van der Waals surface area contributed by atoms with Crippen molar-refractivity contribution < 1.29 is 18.8 Å². The molecule has 0 spiro atoms.